The zero-order valence-electron chi connectivity index (χ0n) is 9.27. The lowest BCUT2D eigenvalue weighted by Gasteiger charge is -2.11. The summed E-state index contributed by atoms with van der Waals surface area (Å²) < 4.78 is 3.05. The van der Waals surface area contributed by atoms with Gasteiger partial charge in [-0.05, 0) is 35.0 Å². The van der Waals surface area contributed by atoms with Crippen LogP contribution in [-0.2, 0) is 13.6 Å². The zero-order valence-corrected chi connectivity index (χ0v) is 11.7. The number of thiophene rings is 1. The van der Waals surface area contributed by atoms with Gasteiger partial charge >= 0.3 is 0 Å². The lowest BCUT2D eigenvalue weighted by Crippen LogP contribution is -2.18. The minimum Gasteiger partial charge on any atom is -0.304 e. The molecule has 0 radical (unpaired) electrons. The third-order valence-corrected chi connectivity index (χ3v) is 4.40. The van der Waals surface area contributed by atoms with E-state index in [0.717, 1.165) is 11.0 Å². The number of halogens is 1. The Hall–Kier alpha value is -0.650. The fraction of sp³-hybridized carbons (Fsp3) is 0.364. The van der Waals surface area contributed by atoms with Crippen LogP contribution in [0.4, 0.5) is 0 Å². The van der Waals surface area contributed by atoms with Gasteiger partial charge in [-0.2, -0.15) is 5.10 Å². The first kappa shape index (κ1) is 11.8. The molecule has 0 bridgehead atoms. The summed E-state index contributed by atoms with van der Waals surface area (Å²) in [7, 11) is 1.96. The molecule has 2 rings (SSSR count). The molecule has 0 aliphatic carbocycles. The lowest BCUT2D eigenvalue weighted by molar-refractivity contribution is 0.554. The average Bonchev–Trinajstić information content (AvgIpc) is 2.84. The summed E-state index contributed by atoms with van der Waals surface area (Å²) in [6.45, 7) is 3.02. The molecular formula is C11H14BrN3S. The fourth-order valence-corrected chi connectivity index (χ4v) is 2.97. The molecule has 3 nitrogen and oxygen atoms in total. The van der Waals surface area contributed by atoms with Crippen LogP contribution in [0.25, 0.3) is 0 Å². The molecule has 0 saturated heterocycles. The van der Waals surface area contributed by atoms with Crippen molar-refractivity contribution >= 4 is 27.3 Å². The summed E-state index contributed by atoms with van der Waals surface area (Å²) in [6, 6.07) is 4.56. The van der Waals surface area contributed by atoms with E-state index in [9.17, 15) is 0 Å². The van der Waals surface area contributed by atoms with Crippen molar-refractivity contribution in [2.45, 2.75) is 19.5 Å². The summed E-state index contributed by atoms with van der Waals surface area (Å²) in [4.78, 5) is 1.34. The van der Waals surface area contributed by atoms with Crippen molar-refractivity contribution in [3.63, 3.8) is 0 Å². The predicted octanol–water partition coefficient (Wildman–Crippen LogP) is 3.09. The van der Waals surface area contributed by atoms with Gasteiger partial charge in [0.1, 0.15) is 0 Å². The third-order valence-electron chi connectivity index (χ3n) is 2.53. The van der Waals surface area contributed by atoms with Gasteiger partial charge < -0.3 is 5.32 Å². The highest BCUT2D eigenvalue weighted by atomic mass is 79.9. The van der Waals surface area contributed by atoms with E-state index in [-0.39, 0.29) is 0 Å². The SMILES string of the molecule is C[C@@H](NCc1ccnn1C)c1cc(Br)cs1. The van der Waals surface area contributed by atoms with Crippen molar-refractivity contribution in [3.05, 3.63) is 38.8 Å². The fourth-order valence-electron chi connectivity index (χ4n) is 1.49. The van der Waals surface area contributed by atoms with Crippen LogP contribution in [0.2, 0.25) is 0 Å². The summed E-state index contributed by atoms with van der Waals surface area (Å²) >= 11 is 5.24. The predicted molar refractivity (Wildman–Crippen MR) is 70.5 cm³/mol. The van der Waals surface area contributed by atoms with E-state index in [1.165, 1.54) is 10.6 Å². The van der Waals surface area contributed by atoms with Crippen LogP contribution in [0, 0.1) is 0 Å². The van der Waals surface area contributed by atoms with Crippen LogP contribution in [0.1, 0.15) is 23.5 Å². The van der Waals surface area contributed by atoms with Crippen molar-refractivity contribution in [1.82, 2.24) is 15.1 Å². The topological polar surface area (TPSA) is 29.9 Å². The summed E-state index contributed by atoms with van der Waals surface area (Å²) in [6.07, 6.45) is 1.82. The normalized spacial score (nSPS) is 12.9. The van der Waals surface area contributed by atoms with Crippen LogP contribution in [-0.4, -0.2) is 9.78 Å². The van der Waals surface area contributed by atoms with Crippen LogP contribution >= 0.6 is 27.3 Å². The Balaban J connectivity index is 1.93. The lowest BCUT2D eigenvalue weighted by atomic mass is 10.2. The van der Waals surface area contributed by atoms with Crippen LogP contribution < -0.4 is 5.32 Å². The van der Waals surface area contributed by atoms with Crippen LogP contribution in [0.3, 0.4) is 0 Å². The number of nitrogens with zero attached hydrogens (tertiary/aromatic N) is 2. The Kier molecular flexibility index (Phi) is 3.78. The highest BCUT2D eigenvalue weighted by Gasteiger charge is 2.08. The molecule has 2 aromatic heterocycles. The molecule has 86 valence electrons. The maximum absolute atomic E-state index is 4.14. The second-order valence-electron chi connectivity index (χ2n) is 3.72. The molecule has 2 heterocycles. The highest BCUT2D eigenvalue weighted by Crippen LogP contribution is 2.25. The van der Waals surface area contributed by atoms with Crippen molar-refractivity contribution in [2.75, 3.05) is 0 Å². The van der Waals surface area contributed by atoms with Crippen molar-refractivity contribution in [2.24, 2.45) is 7.05 Å². The summed E-state index contributed by atoms with van der Waals surface area (Å²) in [5.74, 6) is 0. The summed E-state index contributed by atoms with van der Waals surface area (Å²) in [5.41, 5.74) is 1.20. The minimum absolute atomic E-state index is 0.367. The quantitative estimate of drug-likeness (QED) is 0.940. The zero-order chi connectivity index (χ0) is 11.5. The Morgan fingerprint density at radius 1 is 1.62 bits per heavy atom. The Bertz CT molecular complexity index is 463. The first-order valence-electron chi connectivity index (χ1n) is 5.11. The first-order chi connectivity index (χ1) is 7.66. The maximum atomic E-state index is 4.14. The highest BCUT2D eigenvalue weighted by molar-refractivity contribution is 9.10. The standard InChI is InChI=1S/C11H14BrN3S/c1-8(11-5-9(12)7-16-11)13-6-10-3-4-14-15(10)2/h3-5,7-8,13H,6H2,1-2H3/t8-/m1/s1. The second kappa shape index (κ2) is 5.12. The molecule has 0 amide bonds. The van der Waals surface area contributed by atoms with E-state index in [1.807, 2.05) is 24.0 Å². The number of nitrogens with one attached hydrogen (secondary N) is 1. The van der Waals surface area contributed by atoms with Crippen LogP contribution in [0.15, 0.2) is 28.2 Å². The number of hydrogen-bond acceptors (Lipinski definition) is 3. The molecule has 0 aromatic carbocycles. The molecule has 0 aliphatic heterocycles. The van der Waals surface area contributed by atoms with Gasteiger partial charge in [-0.1, -0.05) is 0 Å². The van der Waals surface area contributed by atoms with E-state index >= 15 is 0 Å². The van der Waals surface area contributed by atoms with Crippen molar-refractivity contribution in [3.8, 4) is 0 Å². The average molecular weight is 300 g/mol. The number of rotatable bonds is 4. The number of aryl methyl sites for hydroxylation is 1. The minimum atomic E-state index is 0.367. The van der Waals surface area contributed by atoms with Crippen LogP contribution in [0.5, 0.6) is 0 Å². The molecule has 1 N–H and O–H groups in total. The third kappa shape index (κ3) is 2.72. The van der Waals surface area contributed by atoms with Gasteiger partial charge in [0.05, 0.1) is 5.69 Å². The molecular weight excluding hydrogens is 286 g/mol. The van der Waals surface area contributed by atoms with E-state index in [1.54, 1.807) is 11.3 Å². The van der Waals surface area contributed by atoms with Gasteiger partial charge in [-0.3, -0.25) is 4.68 Å². The molecule has 16 heavy (non-hydrogen) atoms. The molecule has 5 heteroatoms. The van der Waals surface area contributed by atoms with E-state index in [0.29, 0.717) is 6.04 Å². The molecule has 2 aromatic rings. The first-order valence-corrected chi connectivity index (χ1v) is 6.78. The van der Waals surface area contributed by atoms with Gasteiger partial charge in [-0.25, -0.2) is 0 Å². The maximum Gasteiger partial charge on any atom is 0.0518 e. The van der Waals surface area contributed by atoms with Gasteiger partial charge in [0.15, 0.2) is 0 Å². The molecule has 0 saturated carbocycles. The van der Waals surface area contributed by atoms with Gasteiger partial charge in [0.2, 0.25) is 0 Å². The Labute approximate surface area is 108 Å². The molecule has 0 aliphatic rings. The van der Waals surface area contributed by atoms with Crippen molar-refractivity contribution in [1.29, 1.82) is 0 Å². The van der Waals surface area contributed by atoms with E-state index in [2.05, 4.69) is 44.7 Å². The largest absolute Gasteiger partial charge is 0.304 e. The number of hydrogen-bond donors (Lipinski definition) is 1. The Morgan fingerprint density at radius 3 is 3.00 bits per heavy atom. The van der Waals surface area contributed by atoms with Gasteiger partial charge in [0, 0.05) is 40.6 Å². The van der Waals surface area contributed by atoms with E-state index in [4.69, 9.17) is 0 Å². The molecule has 0 spiro atoms. The monoisotopic (exact) mass is 299 g/mol. The Morgan fingerprint density at radius 2 is 2.44 bits per heavy atom. The van der Waals surface area contributed by atoms with Crippen molar-refractivity contribution < 1.29 is 0 Å². The molecule has 0 unspecified atom stereocenters. The molecule has 1 atom stereocenters. The molecule has 0 fully saturated rings. The van der Waals surface area contributed by atoms with Gasteiger partial charge in [0.25, 0.3) is 0 Å². The smallest absolute Gasteiger partial charge is 0.0518 e. The van der Waals surface area contributed by atoms with Gasteiger partial charge in [-0.15, -0.1) is 11.3 Å². The van der Waals surface area contributed by atoms with E-state index < -0.39 is 0 Å². The second-order valence-corrected chi connectivity index (χ2v) is 5.57. The summed E-state index contributed by atoms with van der Waals surface area (Å²) in [5, 5.41) is 9.74. The number of aromatic nitrogens is 2.